The summed E-state index contributed by atoms with van der Waals surface area (Å²) in [6, 6.07) is 7.38. The standard InChI is InChI=1S/C10H8FNOS/c1-6(13)9(11)10-12-7-4-2-3-5-8(7)14-10/h2-5,9H,1H3. The van der Waals surface area contributed by atoms with Gasteiger partial charge in [0, 0.05) is 0 Å². The number of aromatic nitrogens is 1. The molecule has 0 bridgehead atoms. The molecule has 0 amide bonds. The van der Waals surface area contributed by atoms with E-state index < -0.39 is 12.0 Å². The molecule has 1 unspecified atom stereocenters. The van der Waals surface area contributed by atoms with Crippen LogP contribution in [0.3, 0.4) is 0 Å². The van der Waals surface area contributed by atoms with Gasteiger partial charge >= 0.3 is 0 Å². The van der Waals surface area contributed by atoms with Gasteiger partial charge < -0.3 is 0 Å². The highest BCUT2D eigenvalue weighted by atomic mass is 32.1. The largest absolute Gasteiger partial charge is 0.296 e. The zero-order chi connectivity index (χ0) is 10.1. The zero-order valence-corrected chi connectivity index (χ0v) is 8.34. The first-order chi connectivity index (χ1) is 6.68. The Hall–Kier alpha value is -1.29. The third kappa shape index (κ3) is 1.53. The first-order valence-corrected chi connectivity index (χ1v) is 5.00. The SMILES string of the molecule is CC(=O)C(F)c1nc2ccccc2s1. The van der Waals surface area contributed by atoms with Crippen LogP contribution in [0.15, 0.2) is 24.3 Å². The molecule has 1 aromatic heterocycles. The topological polar surface area (TPSA) is 30.0 Å². The van der Waals surface area contributed by atoms with Crippen LogP contribution in [0.1, 0.15) is 18.1 Å². The number of hydrogen-bond donors (Lipinski definition) is 0. The maximum atomic E-state index is 13.3. The van der Waals surface area contributed by atoms with E-state index in [0.29, 0.717) is 0 Å². The number of thiazole rings is 1. The minimum atomic E-state index is -1.58. The lowest BCUT2D eigenvalue weighted by Crippen LogP contribution is -2.01. The van der Waals surface area contributed by atoms with Crippen molar-refractivity contribution in [3.8, 4) is 0 Å². The van der Waals surface area contributed by atoms with E-state index in [1.165, 1.54) is 18.3 Å². The minimum Gasteiger partial charge on any atom is -0.296 e. The summed E-state index contributed by atoms with van der Waals surface area (Å²) in [5.74, 6) is -0.496. The fourth-order valence-corrected chi connectivity index (χ4v) is 2.18. The summed E-state index contributed by atoms with van der Waals surface area (Å²) in [7, 11) is 0. The van der Waals surface area contributed by atoms with Crippen LogP contribution in [-0.2, 0) is 4.79 Å². The second-order valence-corrected chi connectivity index (χ2v) is 4.06. The highest BCUT2D eigenvalue weighted by Crippen LogP contribution is 2.28. The Morgan fingerprint density at radius 3 is 2.86 bits per heavy atom. The molecule has 1 heterocycles. The summed E-state index contributed by atoms with van der Waals surface area (Å²) in [6.45, 7) is 1.23. The Balaban J connectivity index is 2.50. The number of carbonyl (C=O) groups is 1. The van der Waals surface area contributed by atoms with Gasteiger partial charge in [0.1, 0.15) is 5.01 Å². The van der Waals surface area contributed by atoms with Crippen molar-refractivity contribution in [3.63, 3.8) is 0 Å². The maximum absolute atomic E-state index is 13.3. The lowest BCUT2D eigenvalue weighted by atomic mass is 10.3. The van der Waals surface area contributed by atoms with Crippen molar-refractivity contribution in [3.05, 3.63) is 29.3 Å². The molecule has 0 aliphatic rings. The number of para-hydroxylation sites is 1. The molecule has 14 heavy (non-hydrogen) atoms. The molecule has 0 saturated carbocycles. The second kappa shape index (κ2) is 3.46. The third-order valence-electron chi connectivity index (χ3n) is 1.88. The molecule has 0 aliphatic heterocycles. The van der Waals surface area contributed by atoms with Gasteiger partial charge in [0.25, 0.3) is 0 Å². The number of carbonyl (C=O) groups excluding carboxylic acids is 1. The molecule has 4 heteroatoms. The van der Waals surface area contributed by atoms with Crippen LogP contribution in [0.2, 0.25) is 0 Å². The van der Waals surface area contributed by atoms with Gasteiger partial charge in [-0.05, 0) is 19.1 Å². The number of halogens is 1. The van der Waals surface area contributed by atoms with Gasteiger partial charge in [-0.1, -0.05) is 12.1 Å². The summed E-state index contributed by atoms with van der Waals surface area (Å²) in [5, 5.41) is 0.249. The molecule has 0 aliphatic carbocycles. The van der Waals surface area contributed by atoms with E-state index in [9.17, 15) is 9.18 Å². The van der Waals surface area contributed by atoms with Crippen molar-refractivity contribution >= 4 is 27.3 Å². The van der Waals surface area contributed by atoms with Crippen LogP contribution in [0.5, 0.6) is 0 Å². The number of alkyl halides is 1. The number of nitrogens with zero attached hydrogens (tertiary/aromatic N) is 1. The smallest absolute Gasteiger partial charge is 0.209 e. The quantitative estimate of drug-likeness (QED) is 0.761. The molecule has 0 spiro atoms. The van der Waals surface area contributed by atoms with Gasteiger partial charge in [-0.2, -0.15) is 0 Å². The fraction of sp³-hybridized carbons (Fsp3) is 0.200. The Labute approximate surface area is 84.4 Å². The number of fused-ring (bicyclic) bond motifs is 1. The molecule has 0 radical (unpaired) electrons. The average Bonchev–Trinajstić information content (AvgIpc) is 2.59. The maximum Gasteiger partial charge on any atom is 0.209 e. The van der Waals surface area contributed by atoms with Gasteiger partial charge in [-0.3, -0.25) is 4.79 Å². The van der Waals surface area contributed by atoms with Gasteiger partial charge in [0.05, 0.1) is 10.2 Å². The Bertz CT molecular complexity index is 447. The first-order valence-electron chi connectivity index (χ1n) is 4.18. The van der Waals surface area contributed by atoms with Gasteiger partial charge in [-0.15, -0.1) is 11.3 Å². The number of rotatable bonds is 2. The van der Waals surface area contributed by atoms with E-state index >= 15 is 0 Å². The highest BCUT2D eigenvalue weighted by Gasteiger charge is 2.19. The summed E-state index contributed by atoms with van der Waals surface area (Å²) in [5.41, 5.74) is 0.747. The molecule has 1 atom stereocenters. The Morgan fingerprint density at radius 2 is 2.21 bits per heavy atom. The van der Waals surface area contributed by atoms with E-state index in [2.05, 4.69) is 4.98 Å². The number of Topliss-reactive ketones (excluding diaryl/α,β-unsaturated/α-hetero) is 1. The van der Waals surface area contributed by atoms with Crippen molar-refractivity contribution < 1.29 is 9.18 Å². The van der Waals surface area contributed by atoms with Gasteiger partial charge in [-0.25, -0.2) is 9.37 Å². The minimum absolute atomic E-state index is 0.249. The van der Waals surface area contributed by atoms with E-state index in [4.69, 9.17) is 0 Å². The van der Waals surface area contributed by atoms with E-state index in [1.807, 2.05) is 24.3 Å². The average molecular weight is 209 g/mol. The molecule has 2 nitrogen and oxygen atoms in total. The monoisotopic (exact) mass is 209 g/mol. The molecule has 0 N–H and O–H groups in total. The normalized spacial score (nSPS) is 13.0. The third-order valence-corrected chi connectivity index (χ3v) is 2.96. The Kier molecular flexibility index (Phi) is 2.29. The van der Waals surface area contributed by atoms with Crippen molar-refractivity contribution in [1.29, 1.82) is 0 Å². The van der Waals surface area contributed by atoms with Gasteiger partial charge in [0.2, 0.25) is 6.17 Å². The highest BCUT2D eigenvalue weighted by molar-refractivity contribution is 7.18. The number of hydrogen-bond acceptors (Lipinski definition) is 3. The number of benzene rings is 1. The van der Waals surface area contributed by atoms with Crippen molar-refractivity contribution in [2.45, 2.75) is 13.1 Å². The predicted molar refractivity (Wildman–Crippen MR) is 54.2 cm³/mol. The van der Waals surface area contributed by atoms with E-state index in [-0.39, 0.29) is 5.01 Å². The van der Waals surface area contributed by atoms with Crippen LogP contribution in [0.4, 0.5) is 4.39 Å². The summed E-state index contributed by atoms with van der Waals surface area (Å²) >= 11 is 1.23. The lowest BCUT2D eigenvalue weighted by Gasteiger charge is -1.96. The first kappa shape index (κ1) is 9.27. The molecule has 72 valence electrons. The van der Waals surface area contributed by atoms with E-state index in [1.54, 1.807) is 0 Å². The predicted octanol–water partition coefficient (Wildman–Crippen LogP) is 2.90. The molecule has 0 fully saturated rings. The zero-order valence-electron chi connectivity index (χ0n) is 7.53. The molecule has 1 aromatic carbocycles. The van der Waals surface area contributed by atoms with Gasteiger partial charge in [0.15, 0.2) is 5.78 Å². The summed E-state index contributed by atoms with van der Waals surface area (Å²) < 4.78 is 14.2. The molecular weight excluding hydrogens is 201 g/mol. The molecule has 2 rings (SSSR count). The van der Waals surface area contributed by atoms with Crippen LogP contribution >= 0.6 is 11.3 Å². The second-order valence-electron chi connectivity index (χ2n) is 2.99. The molecule has 2 aromatic rings. The van der Waals surface area contributed by atoms with Crippen LogP contribution in [-0.4, -0.2) is 10.8 Å². The number of ketones is 1. The van der Waals surface area contributed by atoms with E-state index in [0.717, 1.165) is 10.2 Å². The molecule has 0 saturated heterocycles. The van der Waals surface area contributed by atoms with Crippen molar-refractivity contribution in [1.82, 2.24) is 4.98 Å². The fourth-order valence-electron chi connectivity index (χ4n) is 1.17. The van der Waals surface area contributed by atoms with Crippen molar-refractivity contribution in [2.24, 2.45) is 0 Å². The molecular formula is C10H8FNOS. The van der Waals surface area contributed by atoms with Crippen LogP contribution < -0.4 is 0 Å². The lowest BCUT2D eigenvalue weighted by molar-refractivity contribution is -0.121. The summed E-state index contributed by atoms with van der Waals surface area (Å²) in [6.07, 6.45) is -1.58. The van der Waals surface area contributed by atoms with Crippen LogP contribution in [0, 0.1) is 0 Å². The van der Waals surface area contributed by atoms with Crippen molar-refractivity contribution in [2.75, 3.05) is 0 Å². The summed E-state index contributed by atoms with van der Waals surface area (Å²) in [4.78, 5) is 14.9. The van der Waals surface area contributed by atoms with Crippen LogP contribution in [0.25, 0.3) is 10.2 Å². The Morgan fingerprint density at radius 1 is 1.50 bits per heavy atom.